The van der Waals surface area contributed by atoms with Gasteiger partial charge in [-0.2, -0.15) is 0 Å². The van der Waals surface area contributed by atoms with Crippen LogP contribution in [-0.4, -0.2) is 6.04 Å². The van der Waals surface area contributed by atoms with Gasteiger partial charge in [0.15, 0.2) is 0 Å². The second kappa shape index (κ2) is 5.43. The Hall–Kier alpha value is -0.380. The van der Waals surface area contributed by atoms with Gasteiger partial charge in [-0.3, -0.25) is 11.3 Å². The fourth-order valence-electron chi connectivity index (χ4n) is 5.28. The smallest absolute Gasteiger partial charge is 0.0282 e. The molecule has 2 bridgehead atoms. The predicted molar refractivity (Wildman–Crippen MR) is 84.7 cm³/mol. The molecule has 3 N–H and O–H groups in total. The van der Waals surface area contributed by atoms with Gasteiger partial charge < -0.3 is 0 Å². The second-order valence-electron chi connectivity index (χ2n) is 7.24. The molecule has 110 valence electrons. The van der Waals surface area contributed by atoms with Gasteiger partial charge in [0.1, 0.15) is 0 Å². The van der Waals surface area contributed by atoms with E-state index in [9.17, 15) is 0 Å². The van der Waals surface area contributed by atoms with E-state index in [0.29, 0.717) is 12.0 Å². The third-order valence-corrected chi connectivity index (χ3v) is 7.24. The minimum atomic E-state index is 0.494. The largest absolute Gasteiger partial charge is 0.271 e. The molecule has 0 aliphatic heterocycles. The number of hydrogen-bond acceptors (Lipinski definition) is 3. The first-order chi connectivity index (χ1) is 9.85. The molecule has 3 aliphatic carbocycles. The molecule has 5 unspecified atom stereocenters. The lowest BCUT2D eigenvalue weighted by Gasteiger charge is -2.34. The number of hydrazine groups is 1. The summed E-state index contributed by atoms with van der Waals surface area (Å²) in [4.78, 5) is 1.62. The molecule has 4 rings (SSSR count). The Bertz CT molecular complexity index is 469. The highest BCUT2D eigenvalue weighted by Gasteiger charge is 2.41. The number of thiophene rings is 1. The van der Waals surface area contributed by atoms with Crippen LogP contribution in [-0.2, 0) is 6.42 Å². The Labute approximate surface area is 126 Å². The molecule has 0 amide bonds. The molecular weight excluding hydrogens is 264 g/mol. The molecule has 0 aromatic carbocycles. The molecule has 2 nitrogen and oxygen atoms in total. The molecule has 1 aromatic rings. The monoisotopic (exact) mass is 290 g/mol. The van der Waals surface area contributed by atoms with Crippen molar-refractivity contribution in [2.75, 3.05) is 0 Å². The van der Waals surface area contributed by atoms with E-state index in [1.807, 2.05) is 11.3 Å². The van der Waals surface area contributed by atoms with Gasteiger partial charge >= 0.3 is 0 Å². The van der Waals surface area contributed by atoms with Gasteiger partial charge in [-0.05, 0) is 79.7 Å². The summed E-state index contributed by atoms with van der Waals surface area (Å²) in [5, 5.41) is 2.27. The third-order valence-electron chi connectivity index (χ3n) is 6.24. The Kier molecular flexibility index (Phi) is 3.61. The maximum absolute atomic E-state index is 5.96. The van der Waals surface area contributed by atoms with Gasteiger partial charge in [0, 0.05) is 16.8 Å². The first-order valence-corrected chi connectivity index (χ1v) is 9.25. The van der Waals surface area contributed by atoms with Crippen LogP contribution in [0.3, 0.4) is 0 Å². The van der Waals surface area contributed by atoms with Gasteiger partial charge in [0.05, 0.1) is 0 Å². The van der Waals surface area contributed by atoms with E-state index in [2.05, 4.69) is 16.9 Å². The van der Waals surface area contributed by atoms with E-state index < -0.39 is 0 Å². The molecule has 3 aliphatic rings. The minimum absolute atomic E-state index is 0.494. The van der Waals surface area contributed by atoms with E-state index in [0.717, 1.165) is 17.8 Å². The highest BCUT2D eigenvalue weighted by molar-refractivity contribution is 7.10. The van der Waals surface area contributed by atoms with Crippen molar-refractivity contribution >= 4 is 11.3 Å². The molecule has 2 saturated carbocycles. The van der Waals surface area contributed by atoms with Crippen molar-refractivity contribution in [3.05, 3.63) is 21.9 Å². The van der Waals surface area contributed by atoms with Gasteiger partial charge in [0.25, 0.3) is 0 Å². The first kappa shape index (κ1) is 13.3. The lowest BCUT2D eigenvalue weighted by Crippen LogP contribution is -2.42. The molecule has 0 spiro atoms. The average Bonchev–Trinajstić information content (AvgIpc) is 3.19. The summed E-state index contributed by atoms with van der Waals surface area (Å²) in [7, 11) is 0. The SMILES string of the molecule is NNC(CC1CC2CCC1C2)C1CCCc2sccc21. The van der Waals surface area contributed by atoms with Crippen molar-refractivity contribution in [2.45, 2.75) is 63.3 Å². The van der Waals surface area contributed by atoms with Crippen molar-refractivity contribution in [2.24, 2.45) is 23.6 Å². The molecular formula is C17H26N2S. The zero-order chi connectivity index (χ0) is 13.5. The van der Waals surface area contributed by atoms with Crippen LogP contribution >= 0.6 is 11.3 Å². The van der Waals surface area contributed by atoms with E-state index in [1.165, 1.54) is 51.4 Å². The molecule has 0 saturated heterocycles. The van der Waals surface area contributed by atoms with Crippen LogP contribution in [0.1, 0.15) is 61.3 Å². The van der Waals surface area contributed by atoms with Crippen LogP contribution in [0.25, 0.3) is 0 Å². The minimum Gasteiger partial charge on any atom is -0.271 e. The van der Waals surface area contributed by atoms with E-state index in [-0.39, 0.29) is 0 Å². The summed E-state index contributed by atoms with van der Waals surface area (Å²) >= 11 is 1.94. The molecule has 3 heteroatoms. The number of fused-ring (bicyclic) bond motifs is 3. The Balaban J connectivity index is 1.49. The summed E-state index contributed by atoms with van der Waals surface area (Å²) < 4.78 is 0. The van der Waals surface area contributed by atoms with Crippen molar-refractivity contribution in [1.29, 1.82) is 0 Å². The number of rotatable bonds is 4. The van der Waals surface area contributed by atoms with E-state index >= 15 is 0 Å². The molecule has 0 radical (unpaired) electrons. The van der Waals surface area contributed by atoms with Crippen LogP contribution in [0.4, 0.5) is 0 Å². The second-order valence-corrected chi connectivity index (χ2v) is 8.24. The van der Waals surface area contributed by atoms with Gasteiger partial charge in [-0.25, -0.2) is 0 Å². The fraction of sp³-hybridized carbons (Fsp3) is 0.765. The normalized spacial score (nSPS) is 37.0. The Morgan fingerprint density at radius 1 is 1.30 bits per heavy atom. The first-order valence-electron chi connectivity index (χ1n) is 8.37. The van der Waals surface area contributed by atoms with Gasteiger partial charge in [0.2, 0.25) is 0 Å². The fourth-order valence-corrected chi connectivity index (χ4v) is 6.28. The molecule has 5 atom stereocenters. The predicted octanol–water partition coefficient (Wildman–Crippen LogP) is 3.83. The summed E-state index contributed by atoms with van der Waals surface area (Å²) in [6.07, 6.45) is 11.2. The summed E-state index contributed by atoms with van der Waals surface area (Å²) in [5.74, 6) is 9.63. The van der Waals surface area contributed by atoms with Crippen molar-refractivity contribution in [3.63, 3.8) is 0 Å². The average molecular weight is 290 g/mol. The van der Waals surface area contributed by atoms with Gasteiger partial charge in [-0.15, -0.1) is 11.3 Å². The van der Waals surface area contributed by atoms with Crippen LogP contribution in [0.15, 0.2) is 11.4 Å². The number of nitrogens with two attached hydrogens (primary N) is 1. The zero-order valence-corrected chi connectivity index (χ0v) is 13.0. The van der Waals surface area contributed by atoms with Crippen LogP contribution < -0.4 is 11.3 Å². The highest BCUT2D eigenvalue weighted by Crippen LogP contribution is 2.51. The van der Waals surface area contributed by atoms with Gasteiger partial charge in [-0.1, -0.05) is 6.42 Å². The Morgan fingerprint density at radius 2 is 2.25 bits per heavy atom. The van der Waals surface area contributed by atoms with Crippen LogP contribution in [0.5, 0.6) is 0 Å². The number of hydrogen-bond donors (Lipinski definition) is 2. The maximum Gasteiger partial charge on any atom is 0.0282 e. The lowest BCUT2D eigenvalue weighted by molar-refractivity contribution is 0.254. The summed E-state index contributed by atoms with van der Waals surface area (Å²) in [6, 6.07) is 2.85. The van der Waals surface area contributed by atoms with E-state index in [1.54, 1.807) is 10.4 Å². The molecule has 1 aromatic heterocycles. The zero-order valence-electron chi connectivity index (χ0n) is 12.2. The number of nitrogens with one attached hydrogen (secondary N) is 1. The van der Waals surface area contributed by atoms with Crippen molar-refractivity contribution < 1.29 is 0 Å². The van der Waals surface area contributed by atoms with Crippen LogP contribution in [0.2, 0.25) is 0 Å². The summed E-state index contributed by atoms with van der Waals surface area (Å²) in [5.41, 5.74) is 4.80. The number of aryl methyl sites for hydroxylation is 1. The molecule has 20 heavy (non-hydrogen) atoms. The quantitative estimate of drug-likeness (QED) is 0.653. The standard InChI is InChI=1S/C17H26N2S/c18-19-16(10-13-9-11-4-5-12(13)8-11)14-2-1-3-17-15(14)6-7-20-17/h6-7,11-14,16,19H,1-5,8-10,18H2. The lowest BCUT2D eigenvalue weighted by atomic mass is 9.76. The van der Waals surface area contributed by atoms with Crippen molar-refractivity contribution in [3.8, 4) is 0 Å². The third kappa shape index (κ3) is 2.24. The van der Waals surface area contributed by atoms with Crippen molar-refractivity contribution in [1.82, 2.24) is 5.43 Å². The highest BCUT2D eigenvalue weighted by atomic mass is 32.1. The van der Waals surface area contributed by atoms with Crippen LogP contribution in [0, 0.1) is 17.8 Å². The van der Waals surface area contributed by atoms with E-state index in [4.69, 9.17) is 5.84 Å². The summed E-state index contributed by atoms with van der Waals surface area (Å²) in [6.45, 7) is 0. The topological polar surface area (TPSA) is 38.0 Å². The molecule has 2 fully saturated rings. The Morgan fingerprint density at radius 3 is 3.00 bits per heavy atom. The maximum atomic E-state index is 5.96. The molecule has 1 heterocycles.